The lowest BCUT2D eigenvalue weighted by atomic mass is 10.2. The zero-order valence-electron chi connectivity index (χ0n) is 6.58. The van der Waals surface area contributed by atoms with Crippen molar-refractivity contribution in [3.8, 4) is 0 Å². The molecule has 1 aliphatic rings. The molecule has 0 radical (unpaired) electrons. The van der Waals surface area contributed by atoms with Crippen molar-refractivity contribution >= 4 is 0 Å². The Morgan fingerprint density at radius 2 is 2.27 bits per heavy atom. The molecule has 1 aliphatic carbocycles. The van der Waals surface area contributed by atoms with E-state index in [1.807, 2.05) is 19.1 Å². The normalized spacial score (nSPS) is 20.2. The molecule has 0 spiro atoms. The van der Waals surface area contributed by atoms with E-state index < -0.39 is 0 Å². The summed E-state index contributed by atoms with van der Waals surface area (Å²) in [5.41, 5.74) is 0. The molecule has 2 heteroatoms. The summed E-state index contributed by atoms with van der Waals surface area (Å²) in [5, 5.41) is 9.58. The summed E-state index contributed by atoms with van der Waals surface area (Å²) in [5.74, 6) is 2.06. The first kappa shape index (κ1) is 6.92. The Kier molecular flexibility index (Phi) is 1.50. The van der Waals surface area contributed by atoms with Crippen molar-refractivity contribution in [3.05, 3.63) is 23.7 Å². The molecule has 1 fully saturated rings. The molecule has 1 N–H and O–H groups in total. The van der Waals surface area contributed by atoms with E-state index in [-0.39, 0.29) is 6.10 Å². The Balaban J connectivity index is 2.14. The standard InChI is InChI=1S/C9H12O2/c1-6-2-5-8(11-6)9(10)7-3-4-7/h2,5,7,9-10H,3-4H2,1H3/t9-/m1/s1. The van der Waals surface area contributed by atoms with Crippen LogP contribution in [0.4, 0.5) is 0 Å². The van der Waals surface area contributed by atoms with Gasteiger partial charge in [-0.15, -0.1) is 0 Å². The highest BCUT2D eigenvalue weighted by Crippen LogP contribution is 2.41. The first-order valence-corrected chi connectivity index (χ1v) is 4.02. The molecule has 11 heavy (non-hydrogen) atoms. The van der Waals surface area contributed by atoms with Crippen LogP contribution in [0, 0.1) is 12.8 Å². The first-order chi connectivity index (χ1) is 5.27. The van der Waals surface area contributed by atoms with Gasteiger partial charge >= 0.3 is 0 Å². The van der Waals surface area contributed by atoms with Crippen molar-refractivity contribution in [3.63, 3.8) is 0 Å². The number of hydrogen-bond acceptors (Lipinski definition) is 2. The quantitative estimate of drug-likeness (QED) is 0.703. The van der Waals surface area contributed by atoms with Crippen LogP contribution in [0.5, 0.6) is 0 Å². The Labute approximate surface area is 65.8 Å². The molecule has 0 aliphatic heterocycles. The first-order valence-electron chi connectivity index (χ1n) is 4.02. The second-order valence-electron chi connectivity index (χ2n) is 3.23. The van der Waals surface area contributed by atoms with Crippen LogP contribution in [0.1, 0.15) is 30.5 Å². The average Bonchev–Trinajstić information content (AvgIpc) is 2.74. The monoisotopic (exact) mass is 152 g/mol. The van der Waals surface area contributed by atoms with Gasteiger partial charge in [0.25, 0.3) is 0 Å². The maximum Gasteiger partial charge on any atom is 0.132 e. The second kappa shape index (κ2) is 2.38. The van der Waals surface area contributed by atoms with E-state index in [9.17, 15) is 5.11 Å². The van der Waals surface area contributed by atoms with Crippen LogP contribution in [0.25, 0.3) is 0 Å². The molecule has 1 atom stereocenters. The van der Waals surface area contributed by atoms with Crippen LogP contribution >= 0.6 is 0 Å². The summed E-state index contributed by atoms with van der Waals surface area (Å²) in [6, 6.07) is 3.75. The number of furan rings is 1. The van der Waals surface area contributed by atoms with Crippen LogP contribution in [-0.2, 0) is 0 Å². The van der Waals surface area contributed by atoms with E-state index in [2.05, 4.69) is 0 Å². The van der Waals surface area contributed by atoms with Gasteiger partial charge in [0, 0.05) is 0 Å². The molecular formula is C9H12O2. The van der Waals surface area contributed by atoms with E-state index in [4.69, 9.17) is 4.42 Å². The zero-order valence-corrected chi connectivity index (χ0v) is 6.58. The number of rotatable bonds is 2. The predicted molar refractivity (Wildman–Crippen MR) is 41.1 cm³/mol. The predicted octanol–water partition coefficient (Wildman–Crippen LogP) is 2.03. The minimum Gasteiger partial charge on any atom is -0.464 e. The minimum atomic E-state index is -0.358. The van der Waals surface area contributed by atoms with Crippen molar-refractivity contribution in [1.29, 1.82) is 0 Å². The van der Waals surface area contributed by atoms with E-state index in [0.717, 1.165) is 24.4 Å². The highest BCUT2D eigenvalue weighted by Gasteiger charge is 2.32. The summed E-state index contributed by atoms with van der Waals surface area (Å²) in [7, 11) is 0. The van der Waals surface area contributed by atoms with E-state index in [1.165, 1.54) is 0 Å². The van der Waals surface area contributed by atoms with Crippen molar-refractivity contribution in [2.75, 3.05) is 0 Å². The minimum absolute atomic E-state index is 0.358. The Bertz CT molecular complexity index is 248. The number of aliphatic hydroxyl groups is 1. The maximum atomic E-state index is 9.58. The van der Waals surface area contributed by atoms with Crippen LogP contribution < -0.4 is 0 Å². The summed E-state index contributed by atoms with van der Waals surface area (Å²) < 4.78 is 5.30. The van der Waals surface area contributed by atoms with Gasteiger partial charge in [0.2, 0.25) is 0 Å². The molecule has 2 nitrogen and oxygen atoms in total. The smallest absolute Gasteiger partial charge is 0.132 e. The third-order valence-electron chi connectivity index (χ3n) is 2.12. The average molecular weight is 152 g/mol. The van der Waals surface area contributed by atoms with Crippen LogP contribution in [-0.4, -0.2) is 5.11 Å². The highest BCUT2D eigenvalue weighted by atomic mass is 16.4. The van der Waals surface area contributed by atoms with Gasteiger partial charge in [-0.05, 0) is 37.8 Å². The molecule has 0 bridgehead atoms. The van der Waals surface area contributed by atoms with Gasteiger partial charge in [-0.3, -0.25) is 0 Å². The maximum absolute atomic E-state index is 9.58. The third-order valence-corrected chi connectivity index (χ3v) is 2.12. The summed E-state index contributed by atoms with van der Waals surface area (Å²) in [6.45, 7) is 1.89. The summed E-state index contributed by atoms with van der Waals surface area (Å²) in [4.78, 5) is 0. The van der Waals surface area contributed by atoms with Crippen LogP contribution in [0.2, 0.25) is 0 Å². The van der Waals surface area contributed by atoms with Crippen LogP contribution in [0.15, 0.2) is 16.5 Å². The Morgan fingerprint density at radius 1 is 1.55 bits per heavy atom. The molecule has 0 saturated heterocycles. The lowest BCUT2D eigenvalue weighted by Crippen LogP contribution is -1.96. The molecule has 0 aromatic carbocycles. The Morgan fingerprint density at radius 3 is 2.73 bits per heavy atom. The fourth-order valence-corrected chi connectivity index (χ4v) is 1.26. The fraction of sp³-hybridized carbons (Fsp3) is 0.556. The number of aliphatic hydroxyl groups excluding tert-OH is 1. The lowest BCUT2D eigenvalue weighted by molar-refractivity contribution is 0.126. The van der Waals surface area contributed by atoms with Crippen molar-refractivity contribution in [2.45, 2.75) is 25.9 Å². The van der Waals surface area contributed by atoms with E-state index >= 15 is 0 Å². The van der Waals surface area contributed by atoms with Gasteiger partial charge in [-0.25, -0.2) is 0 Å². The van der Waals surface area contributed by atoms with Crippen molar-refractivity contribution in [2.24, 2.45) is 5.92 Å². The lowest BCUT2D eigenvalue weighted by Gasteiger charge is -2.03. The van der Waals surface area contributed by atoms with Crippen LogP contribution in [0.3, 0.4) is 0 Å². The molecule has 60 valence electrons. The Hall–Kier alpha value is -0.760. The highest BCUT2D eigenvalue weighted by molar-refractivity contribution is 5.10. The number of hydrogen-bond donors (Lipinski definition) is 1. The SMILES string of the molecule is Cc1ccc([C@H](O)C2CC2)o1. The molecule has 2 rings (SSSR count). The van der Waals surface area contributed by atoms with Gasteiger partial charge in [-0.2, -0.15) is 0 Å². The van der Waals surface area contributed by atoms with Gasteiger partial charge in [0.1, 0.15) is 17.6 Å². The number of aryl methyl sites for hydroxylation is 1. The van der Waals surface area contributed by atoms with Gasteiger partial charge in [0.05, 0.1) is 0 Å². The van der Waals surface area contributed by atoms with Gasteiger partial charge in [0.15, 0.2) is 0 Å². The molecule has 0 unspecified atom stereocenters. The largest absolute Gasteiger partial charge is 0.464 e. The van der Waals surface area contributed by atoms with Crippen molar-refractivity contribution < 1.29 is 9.52 Å². The summed E-state index contributed by atoms with van der Waals surface area (Å²) >= 11 is 0. The molecule has 1 heterocycles. The zero-order chi connectivity index (χ0) is 7.84. The fourth-order valence-electron chi connectivity index (χ4n) is 1.26. The van der Waals surface area contributed by atoms with E-state index in [0.29, 0.717) is 5.92 Å². The topological polar surface area (TPSA) is 33.4 Å². The van der Waals surface area contributed by atoms with Gasteiger partial charge < -0.3 is 9.52 Å². The second-order valence-corrected chi connectivity index (χ2v) is 3.23. The molecule has 1 aromatic heterocycles. The molecule has 1 aromatic rings. The molecule has 1 saturated carbocycles. The van der Waals surface area contributed by atoms with Gasteiger partial charge in [-0.1, -0.05) is 0 Å². The van der Waals surface area contributed by atoms with E-state index in [1.54, 1.807) is 0 Å². The molecular weight excluding hydrogens is 140 g/mol. The molecule has 0 amide bonds. The van der Waals surface area contributed by atoms with Crippen molar-refractivity contribution in [1.82, 2.24) is 0 Å². The summed E-state index contributed by atoms with van der Waals surface area (Å²) in [6.07, 6.45) is 1.92. The third kappa shape index (κ3) is 1.31.